The number of nitrogens with one attached hydrogen (secondary N) is 1. The zero-order chi connectivity index (χ0) is 16.8. The van der Waals surface area contributed by atoms with Gasteiger partial charge in [-0.3, -0.25) is 14.9 Å². The molecule has 0 heterocycles. The van der Waals surface area contributed by atoms with Crippen LogP contribution in [-0.2, 0) is 11.3 Å². The fraction of sp³-hybridized carbons (Fsp3) is 0.235. The van der Waals surface area contributed by atoms with E-state index in [1.54, 1.807) is 12.1 Å². The van der Waals surface area contributed by atoms with Crippen molar-refractivity contribution in [1.29, 1.82) is 0 Å². The molecule has 0 aliphatic heterocycles. The van der Waals surface area contributed by atoms with E-state index in [0.717, 1.165) is 16.0 Å². The highest BCUT2D eigenvalue weighted by molar-refractivity contribution is 8.00. The molecule has 1 unspecified atom stereocenters. The van der Waals surface area contributed by atoms with E-state index in [-0.39, 0.29) is 16.8 Å². The first kappa shape index (κ1) is 17.0. The van der Waals surface area contributed by atoms with Crippen LogP contribution >= 0.6 is 11.8 Å². The predicted molar refractivity (Wildman–Crippen MR) is 91.4 cm³/mol. The summed E-state index contributed by atoms with van der Waals surface area (Å²) in [6.45, 7) is 4.33. The Kier molecular flexibility index (Phi) is 5.76. The number of carbonyl (C=O) groups excluding carboxylic acids is 1. The summed E-state index contributed by atoms with van der Waals surface area (Å²) in [7, 11) is 0. The van der Waals surface area contributed by atoms with Crippen LogP contribution in [0.25, 0.3) is 0 Å². The van der Waals surface area contributed by atoms with Crippen LogP contribution < -0.4 is 5.32 Å². The first-order chi connectivity index (χ1) is 11.0. The minimum Gasteiger partial charge on any atom is -0.351 e. The van der Waals surface area contributed by atoms with Crippen LogP contribution in [0.3, 0.4) is 0 Å². The van der Waals surface area contributed by atoms with Crippen LogP contribution in [0.4, 0.5) is 5.69 Å². The van der Waals surface area contributed by atoms with Crippen molar-refractivity contribution in [3.63, 3.8) is 0 Å². The maximum absolute atomic E-state index is 12.2. The molecule has 0 radical (unpaired) electrons. The third-order valence-electron chi connectivity index (χ3n) is 3.44. The summed E-state index contributed by atoms with van der Waals surface area (Å²) in [6.07, 6.45) is 0. The molecule has 1 atom stereocenters. The predicted octanol–water partition coefficient (Wildman–Crippen LogP) is 3.70. The van der Waals surface area contributed by atoms with Gasteiger partial charge in [-0.15, -0.1) is 11.8 Å². The van der Waals surface area contributed by atoms with Gasteiger partial charge < -0.3 is 5.32 Å². The number of hydrogen-bond acceptors (Lipinski definition) is 4. The molecule has 2 rings (SSSR count). The summed E-state index contributed by atoms with van der Waals surface area (Å²) in [5, 5.41) is 13.3. The molecule has 2 aromatic rings. The minimum atomic E-state index is -0.438. The van der Waals surface area contributed by atoms with Gasteiger partial charge in [-0.1, -0.05) is 24.3 Å². The van der Waals surface area contributed by atoms with Gasteiger partial charge in [-0.2, -0.15) is 0 Å². The van der Waals surface area contributed by atoms with Crippen LogP contribution in [-0.4, -0.2) is 16.1 Å². The molecular formula is C17H18N2O3S. The molecule has 0 fully saturated rings. The lowest BCUT2D eigenvalue weighted by Gasteiger charge is -2.13. The normalized spacial score (nSPS) is 11.7. The van der Waals surface area contributed by atoms with Gasteiger partial charge in [0.25, 0.3) is 5.69 Å². The number of benzene rings is 2. The van der Waals surface area contributed by atoms with E-state index in [2.05, 4.69) is 5.32 Å². The lowest BCUT2D eigenvalue weighted by Crippen LogP contribution is -2.30. The number of aryl methyl sites for hydroxylation is 1. The summed E-state index contributed by atoms with van der Waals surface area (Å²) in [5.74, 6) is -0.0587. The van der Waals surface area contributed by atoms with Crippen LogP contribution in [0.2, 0.25) is 0 Å². The van der Waals surface area contributed by atoms with Crippen LogP contribution in [0.5, 0.6) is 0 Å². The lowest BCUT2D eigenvalue weighted by atomic mass is 10.1. The Morgan fingerprint density at radius 3 is 2.48 bits per heavy atom. The number of rotatable bonds is 6. The summed E-state index contributed by atoms with van der Waals surface area (Å²) >= 11 is 1.38. The van der Waals surface area contributed by atoms with Gasteiger partial charge in [0.2, 0.25) is 5.91 Å². The molecule has 2 aromatic carbocycles. The number of amides is 1. The van der Waals surface area contributed by atoms with Crippen molar-refractivity contribution in [2.75, 3.05) is 0 Å². The minimum absolute atomic E-state index is 0.0472. The molecule has 0 saturated carbocycles. The van der Waals surface area contributed by atoms with Gasteiger partial charge in [0.1, 0.15) is 0 Å². The zero-order valence-corrected chi connectivity index (χ0v) is 13.8. The molecule has 1 N–H and O–H groups in total. The van der Waals surface area contributed by atoms with E-state index in [0.29, 0.717) is 6.54 Å². The Bertz CT molecular complexity index is 701. The van der Waals surface area contributed by atoms with Crippen molar-refractivity contribution in [3.8, 4) is 0 Å². The highest BCUT2D eigenvalue weighted by Gasteiger charge is 2.15. The lowest BCUT2D eigenvalue weighted by molar-refractivity contribution is -0.384. The molecule has 0 spiro atoms. The number of non-ortho nitro benzene ring substituents is 1. The molecule has 0 saturated heterocycles. The van der Waals surface area contributed by atoms with Crippen molar-refractivity contribution >= 4 is 23.4 Å². The van der Waals surface area contributed by atoms with Crippen LogP contribution in [0, 0.1) is 17.0 Å². The van der Waals surface area contributed by atoms with Crippen molar-refractivity contribution in [2.45, 2.75) is 30.5 Å². The maximum Gasteiger partial charge on any atom is 0.269 e. The van der Waals surface area contributed by atoms with Gasteiger partial charge in [0, 0.05) is 23.6 Å². The van der Waals surface area contributed by atoms with E-state index in [9.17, 15) is 14.9 Å². The summed E-state index contributed by atoms with van der Waals surface area (Å²) in [6, 6.07) is 14.1. The molecule has 120 valence electrons. The quantitative estimate of drug-likeness (QED) is 0.498. The van der Waals surface area contributed by atoms with E-state index in [4.69, 9.17) is 0 Å². The molecule has 0 bridgehead atoms. The number of nitro benzene ring substituents is 1. The van der Waals surface area contributed by atoms with Gasteiger partial charge in [-0.25, -0.2) is 0 Å². The summed E-state index contributed by atoms with van der Waals surface area (Å²) in [5.41, 5.74) is 2.28. The molecule has 0 aliphatic carbocycles. The summed E-state index contributed by atoms with van der Waals surface area (Å²) in [4.78, 5) is 23.2. The third-order valence-corrected chi connectivity index (χ3v) is 4.56. The molecule has 23 heavy (non-hydrogen) atoms. The smallest absolute Gasteiger partial charge is 0.269 e. The average Bonchev–Trinajstić information content (AvgIpc) is 2.54. The maximum atomic E-state index is 12.2. The molecule has 5 nitrogen and oxygen atoms in total. The van der Waals surface area contributed by atoms with E-state index >= 15 is 0 Å². The van der Waals surface area contributed by atoms with Gasteiger partial charge in [-0.05, 0) is 37.1 Å². The Hall–Kier alpha value is -2.34. The largest absolute Gasteiger partial charge is 0.351 e. The number of carbonyl (C=O) groups is 1. The van der Waals surface area contributed by atoms with Crippen molar-refractivity contribution in [3.05, 3.63) is 69.8 Å². The molecular weight excluding hydrogens is 312 g/mol. The monoisotopic (exact) mass is 330 g/mol. The molecule has 0 aliphatic rings. The summed E-state index contributed by atoms with van der Waals surface area (Å²) < 4.78 is 0. The number of hydrogen-bond donors (Lipinski definition) is 1. The number of thioether (sulfide) groups is 1. The number of nitrogens with zero attached hydrogens (tertiary/aromatic N) is 1. The van der Waals surface area contributed by atoms with E-state index < -0.39 is 4.92 Å². The first-order valence-electron chi connectivity index (χ1n) is 7.20. The average molecular weight is 330 g/mol. The first-order valence-corrected chi connectivity index (χ1v) is 8.08. The Balaban J connectivity index is 1.89. The van der Waals surface area contributed by atoms with Crippen LogP contribution in [0.15, 0.2) is 53.4 Å². The van der Waals surface area contributed by atoms with Crippen molar-refractivity contribution < 1.29 is 9.72 Å². The second kappa shape index (κ2) is 7.78. The topological polar surface area (TPSA) is 72.2 Å². The Labute approximate surface area is 139 Å². The second-order valence-electron chi connectivity index (χ2n) is 5.16. The highest BCUT2D eigenvalue weighted by atomic mass is 32.2. The van der Waals surface area contributed by atoms with E-state index in [1.165, 1.54) is 23.9 Å². The standard InChI is InChI=1S/C17H18N2O3S/c1-12-5-3-4-6-14(12)11-18-17(20)13(2)23-16-9-7-15(8-10-16)19(21)22/h3-10,13H,11H2,1-2H3,(H,18,20). The SMILES string of the molecule is Cc1ccccc1CNC(=O)C(C)Sc1ccc([N+](=O)[O-])cc1. The van der Waals surface area contributed by atoms with E-state index in [1.807, 2.05) is 38.1 Å². The van der Waals surface area contributed by atoms with Gasteiger partial charge in [0.05, 0.1) is 10.2 Å². The second-order valence-corrected chi connectivity index (χ2v) is 6.57. The Morgan fingerprint density at radius 2 is 1.87 bits per heavy atom. The highest BCUT2D eigenvalue weighted by Crippen LogP contribution is 2.25. The fourth-order valence-corrected chi connectivity index (χ4v) is 2.93. The third kappa shape index (κ3) is 4.82. The van der Waals surface area contributed by atoms with Crippen LogP contribution in [0.1, 0.15) is 18.1 Å². The van der Waals surface area contributed by atoms with Gasteiger partial charge in [0.15, 0.2) is 0 Å². The molecule has 0 aromatic heterocycles. The number of nitro groups is 1. The van der Waals surface area contributed by atoms with Crippen molar-refractivity contribution in [2.24, 2.45) is 0 Å². The molecule has 1 amide bonds. The van der Waals surface area contributed by atoms with Gasteiger partial charge >= 0.3 is 0 Å². The zero-order valence-electron chi connectivity index (χ0n) is 13.0. The fourth-order valence-electron chi connectivity index (χ4n) is 2.04. The molecule has 6 heteroatoms. The van der Waals surface area contributed by atoms with Crippen molar-refractivity contribution in [1.82, 2.24) is 5.32 Å². The Morgan fingerprint density at radius 1 is 1.22 bits per heavy atom.